The molecule has 1 fully saturated rings. The third-order valence-electron chi connectivity index (χ3n) is 3.00. The maximum Gasteiger partial charge on any atom is 0.335 e. The molecule has 0 aliphatic heterocycles. The molecule has 1 aliphatic carbocycles. The Labute approximate surface area is 101 Å². The molecule has 0 heterocycles. The van der Waals surface area contributed by atoms with Gasteiger partial charge in [0.15, 0.2) is 0 Å². The van der Waals surface area contributed by atoms with E-state index in [9.17, 15) is 4.79 Å². The lowest BCUT2D eigenvalue weighted by Crippen LogP contribution is -2.31. The van der Waals surface area contributed by atoms with Gasteiger partial charge in [-0.3, -0.25) is 0 Å². The average Bonchev–Trinajstić information content (AvgIpc) is 3.04. The normalized spacial score (nSPS) is 16.5. The summed E-state index contributed by atoms with van der Waals surface area (Å²) in [7, 11) is 0. The molecule has 1 saturated carbocycles. The summed E-state index contributed by atoms with van der Waals surface area (Å²) in [6.45, 7) is 3.53. The van der Waals surface area contributed by atoms with Gasteiger partial charge in [-0.25, -0.2) is 4.79 Å². The first kappa shape index (κ1) is 11.9. The van der Waals surface area contributed by atoms with Crippen molar-refractivity contribution in [2.45, 2.75) is 25.3 Å². The molecule has 92 valence electrons. The topological polar surface area (TPSA) is 58.6 Å². The van der Waals surface area contributed by atoms with Gasteiger partial charge >= 0.3 is 5.97 Å². The van der Waals surface area contributed by atoms with Gasteiger partial charge in [-0.05, 0) is 38.0 Å². The largest absolute Gasteiger partial charge is 0.492 e. The van der Waals surface area contributed by atoms with E-state index in [2.05, 4.69) is 12.2 Å². The molecular formula is C13H17NO3. The molecule has 4 heteroatoms. The van der Waals surface area contributed by atoms with E-state index in [4.69, 9.17) is 9.84 Å². The Morgan fingerprint density at radius 1 is 1.53 bits per heavy atom. The van der Waals surface area contributed by atoms with Crippen LogP contribution in [0.4, 0.5) is 0 Å². The highest BCUT2D eigenvalue weighted by Gasteiger charge is 2.36. The lowest BCUT2D eigenvalue weighted by atomic mass is 10.2. The highest BCUT2D eigenvalue weighted by atomic mass is 16.5. The van der Waals surface area contributed by atoms with Crippen molar-refractivity contribution in [3.8, 4) is 5.75 Å². The fourth-order valence-corrected chi connectivity index (χ4v) is 1.60. The zero-order valence-corrected chi connectivity index (χ0v) is 9.90. The Morgan fingerprint density at radius 3 is 2.94 bits per heavy atom. The van der Waals surface area contributed by atoms with Gasteiger partial charge in [-0.15, -0.1) is 0 Å². The van der Waals surface area contributed by atoms with E-state index < -0.39 is 5.97 Å². The summed E-state index contributed by atoms with van der Waals surface area (Å²) in [5.41, 5.74) is 0.566. The highest BCUT2D eigenvalue weighted by Crippen LogP contribution is 2.33. The van der Waals surface area contributed by atoms with Gasteiger partial charge in [-0.1, -0.05) is 6.07 Å². The van der Waals surface area contributed by atoms with Gasteiger partial charge < -0.3 is 15.2 Å². The zero-order chi connectivity index (χ0) is 12.3. The molecule has 1 aromatic rings. The minimum atomic E-state index is -0.931. The quantitative estimate of drug-likeness (QED) is 0.739. The van der Waals surface area contributed by atoms with Crippen molar-refractivity contribution in [2.75, 3.05) is 13.2 Å². The number of aromatic carboxylic acids is 1. The van der Waals surface area contributed by atoms with E-state index in [1.54, 1.807) is 24.3 Å². The minimum Gasteiger partial charge on any atom is -0.492 e. The van der Waals surface area contributed by atoms with Crippen LogP contribution in [-0.2, 0) is 0 Å². The number of nitrogens with one attached hydrogen (secondary N) is 1. The maximum absolute atomic E-state index is 10.8. The molecule has 1 aromatic carbocycles. The summed E-state index contributed by atoms with van der Waals surface area (Å²) < 4.78 is 5.49. The minimum absolute atomic E-state index is 0.254. The van der Waals surface area contributed by atoms with E-state index in [-0.39, 0.29) is 5.56 Å². The summed E-state index contributed by atoms with van der Waals surface area (Å²) >= 11 is 0. The molecule has 0 spiro atoms. The number of rotatable bonds is 6. The highest BCUT2D eigenvalue weighted by molar-refractivity contribution is 5.87. The summed E-state index contributed by atoms with van der Waals surface area (Å²) in [6, 6.07) is 6.56. The predicted octanol–water partition coefficient (Wildman–Crippen LogP) is 1.91. The van der Waals surface area contributed by atoms with Crippen molar-refractivity contribution < 1.29 is 14.6 Å². The first-order valence-electron chi connectivity index (χ1n) is 5.80. The van der Waals surface area contributed by atoms with E-state index >= 15 is 0 Å². The molecule has 2 N–H and O–H groups in total. The van der Waals surface area contributed by atoms with E-state index in [1.165, 1.54) is 12.8 Å². The predicted molar refractivity (Wildman–Crippen MR) is 64.5 cm³/mol. The number of benzene rings is 1. The molecule has 0 radical (unpaired) electrons. The standard InChI is InChI=1S/C13H17NO3/c1-13(5-6-13)14-7-8-17-11-4-2-3-10(9-11)12(15)16/h2-4,9,14H,5-8H2,1H3,(H,15,16). The molecule has 0 aromatic heterocycles. The lowest BCUT2D eigenvalue weighted by molar-refractivity contribution is 0.0696. The van der Waals surface area contributed by atoms with Gasteiger partial charge in [0.05, 0.1) is 5.56 Å². The van der Waals surface area contributed by atoms with Crippen molar-refractivity contribution in [1.29, 1.82) is 0 Å². The Balaban J connectivity index is 1.78. The van der Waals surface area contributed by atoms with Crippen LogP contribution in [0.3, 0.4) is 0 Å². The maximum atomic E-state index is 10.8. The Bertz CT molecular complexity index is 413. The Hall–Kier alpha value is -1.55. The Morgan fingerprint density at radius 2 is 2.29 bits per heavy atom. The number of hydrogen-bond donors (Lipinski definition) is 2. The van der Waals surface area contributed by atoms with Crippen LogP contribution in [-0.4, -0.2) is 29.8 Å². The fraction of sp³-hybridized carbons (Fsp3) is 0.462. The van der Waals surface area contributed by atoms with Gasteiger partial charge in [0.2, 0.25) is 0 Å². The lowest BCUT2D eigenvalue weighted by Gasteiger charge is -2.12. The van der Waals surface area contributed by atoms with Gasteiger partial charge in [0.25, 0.3) is 0 Å². The van der Waals surface area contributed by atoms with Crippen LogP contribution in [0.2, 0.25) is 0 Å². The molecule has 1 aliphatic rings. The second kappa shape index (κ2) is 4.75. The van der Waals surface area contributed by atoms with Crippen LogP contribution in [0.5, 0.6) is 5.75 Å². The second-order valence-corrected chi connectivity index (χ2v) is 4.67. The van der Waals surface area contributed by atoms with Crippen LogP contribution in [0.15, 0.2) is 24.3 Å². The molecular weight excluding hydrogens is 218 g/mol. The van der Waals surface area contributed by atoms with Crippen molar-refractivity contribution in [1.82, 2.24) is 5.32 Å². The van der Waals surface area contributed by atoms with Gasteiger partial charge in [-0.2, -0.15) is 0 Å². The molecule has 17 heavy (non-hydrogen) atoms. The molecule has 0 atom stereocenters. The van der Waals surface area contributed by atoms with Crippen LogP contribution in [0.1, 0.15) is 30.1 Å². The summed E-state index contributed by atoms with van der Waals surface area (Å²) in [6.07, 6.45) is 2.45. The third kappa shape index (κ3) is 3.46. The van der Waals surface area contributed by atoms with Gasteiger partial charge in [0.1, 0.15) is 12.4 Å². The van der Waals surface area contributed by atoms with Crippen LogP contribution < -0.4 is 10.1 Å². The van der Waals surface area contributed by atoms with Crippen LogP contribution in [0.25, 0.3) is 0 Å². The first-order chi connectivity index (χ1) is 8.09. The van der Waals surface area contributed by atoms with E-state index in [0.29, 0.717) is 17.9 Å². The van der Waals surface area contributed by atoms with Crippen molar-refractivity contribution in [2.24, 2.45) is 0 Å². The molecule has 4 nitrogen and oxygen atoms in total. The van der Waals surface area contributed by atoms with E-state index in [0.717, 1.165) is 6.54 Å². The molecule has 0 amide bonds. The van der Waals surface area contributed by atoms with E-state index in [1.807, 2.05) is 0 Å². The number of carboxylic acid groups (broad SMARTS) is 1. The van der Waals surface area contributed by atoms with Crippen molar-refractivity contribution in [3.63, 3.8) is 0 Å². The third-order valence-corrected chi connectivity index (χ3v) is 3.00. The van der Waals surface area contributed by atoms with Gasteiger partial charge in [0, 0.05) is 12.1 Å². The Kier molecular flexibility index (Phi) is 3.33. The monoisotopic (exact) mass is 235 g/mol. The SMILES string of the molecule is CC1(NCCOc2cccc(C(=O)O)c2)CC1. The number of ether oxygens (including phenoxy) is 1. The molecule has 0 bridgehead atoms. The molecule has 0 unspecified atom stereocenters. The van der Waals surface area contributed by atoms with Crippen LogP contribution >= 0.6 is 0 Å². The number of hydrogen-bond acceptors (Lipinski definition) is 3. The summed E-state index contributed by atoms with van der Waals surface area (Å²) in [4.78, 5) is 10.8. The number of carbonyl (C=O) groups is 1. The first-order valence-corrected chi connectivity index (χ1v) is 5.80. The second-order valence-electron chi connectivity index (χ2n) is 4.67. The van der Waals surface area contributed by atoms with Crippen molar-refractivity contribution >= 4 is 5.97 Å². The average molecular weight is 235 g/mol. The smallest absolute Gasteiger partial charge is 0.335 e. The number of carboxylic acids is 1. The summed E-state index contributed by atoms with van der Waals surface area (Å²) in [5, 5.41) is 12.2. The fourth-order valence-electron chi connectivity index (χ4n) is 1.60. The zero-order valence-electron chi connectivity index (χ0n) is 9.90. The van der Waals surface area contributed by atoms with Crippen LogP contribution in [0, 0.1) is 0 Å². The summed E-state index contributed by atoms with van der Waals surface area (Å²) in [5.74, 6) is -0.327. The van der Waals surface area contributed by atoms with Crippen molar-refractivity contribution in [3.05, 3.63) is 29.8 Å². The molecule has 0 saturated heterocycles. The molecule has 2 rings (SSSR count).